The fraction of sp³-hybridized carbons (Fsp3) is 0.500. The number of hydrogen-bond donors (Lipinski definition) is 2. The first-order valence-electron chi connectivity index (χ1n) is 6.77. The molecule has 0 radical (unpaired) electrons. The van der Waals surface area contributed by atoms with E-state index >= 15 is 0 Å². The van der Waals surface area contributed by atoms with Crippen molar-refractivity contribution < 1.29 is 9.53 Å². The molecule has 0 bridgehead atoms. The minimum Gasteiger partial charge on any atom is -0.398 e. The number of halogens is 1. The summed E-state index contributed by atoms with van der Waals surface area (Å²) in [5.41, 5.74) is 6.81. The lowest BCUT2D eigenvalue weighted by molar-refractivity contribution is -0.0246. The number of nitrogens with zero attached hydrogens (tertiary/aromatic N) is 1. The van der Waals surface area contributed by atoms with Crippen molar-refractivity contribution in [2.75, 3.05) is 38.5 Å². The minimum absolute atomic E-state index is 0.0457. The number of likely N-dealkylation sites (N-methyl/N-ethyl adjacent to an activating group) is 1. The third-order valence-electron chi connectivity index (χ3n) is 3.42. The van der Waals surface area contributed by atoms with Gasteiger partial charge in [-0.15, -0.1) is 0 Å². The molecule has 0 saturated carbocycles. The van der Waals surface area contributed by atoms with Crippen LogP contribution in [-0.2, 0) is 4.74 Å². The van der Waals surface area contributed by atoms with Crippen LogP contribution in [0.25, 0.3) is 0 Å². The predicted molar refractivity (Wildman–Crippen MR) is 82.7 cm³/mol. The van der Waals surface area contributed by atoms with Gasteiger partial charge in [0.2, 0.25) is 0 Å². The molecule has 0 aromatic heterocycles. The van der Waals surface area contributed by atoms with Gasteiger partial charge < -0.3 is 15.8 Å². The maximum absolute atomic E-state index is 12.1. The number of hydrogen-bond acceptors (Lipinski definition) is 4. The van der Waals surface area contributed by atoms with E-state index in [4.69, 9.17) is 10.5 Å². The van der Waals surface area contributed by atoms with Gasteiger partial charge in [0.1, 0.15) is 0 Å². The van der Waals surface area contributed by atoms with Crippen LogP contribution in [0, 0.1) is 0 Å². The van der Waals surface area contributed by atoms with Crippen molar-refractivity contribution >= 4 is 27.5 Å². The number of carbonyl (C=O) groups is 1. The molecule has 1 amide bonds. The smallest absolute Gasteiger partial charge is 0.253 e. The molecule has 0 spiro atoms. The summed E-state index contributed by atoms with van der Waals surface area (Å²) in [5.74, 6) is -0.160. The minimum atomic E-state index is -0.160. The summed E-state index contributed by atoms with van der Waals surface area (Å²) < 4.78 is 6.51. The number of anilines is 1. The Kier molecular flexibility index (Phi) is 5.39. The van der Waals surface area contributed by atoms with Crippen LogP contribution in [0.3, 0.4) is 0 Å². The van der Waals surface area contributed by atoms with Gasteiger partial charge in [0.15, 0.2) is 0 Å². The van der Waals surface area contributed by atoms with Gasteiger partial charge in [-0.25, -0.2) is 0 Å². The fourth-order valence-corrected chi connectivity index (χ4v) is 2.61. The summed E-state index contributed by atoms with van der Waals surface area (Å²) in [7, 11) is 0. The number of benzene rings is 1. The molecule has 0 aliphatic carbocycles. The molecule has 1 unspecified atom stereocenters. The van der Waals surface area contributed by atoms with Crippen LogP contribution >= 0.6 is 15.9 Å². The van der Waals surface area contributed by atoms with E-state index in [1.165, 1.54) is 0 Å². The first-order chi connectivity index (χ1) is 9.60. The van der Waals surface area contributed by atoms with Crippen molar-refractivity contribution in [2.24, 2.45) is 0 Å². The standard InChI is InChI=1S/C14H20BrN3O2/c1-2-18-5-6-20-11(9-18)8-17-14(19)12-4-3-10(15)7-13(12)16/h3-4,7,11H,2,5-6,8-9,16H2,1H3,(H,17,19). The molecule has 5 nitrogen and oxygen atoms in total. The first-order valence-corrected chi connectivity index (χ1v) is 7.56. The highest BCUT2D eigenvalue weighted by Gasteiger charge is 2.20. The predicted octanol–water partition coefficient (Wildman–Crippen LogP) is 1.48. The second-order valence-electron chi connectivity index (χ2n) is 4.83. The zero-order chi connectivity index (χ0) is 14.5. The highest BCUT2D eigenvalue weighted by atomic mass is 79.9. The van der Waals surface area contributed by atoms with Gasteiger partial charge in [-0.1, -0.05) is 22.9 Å². The van der Waals surface area contributed by atoms with Crippen molar-refractivity contribution in [3.63, 3.8) is 0 Å². The highest BCUT2D eigenvalue weighted by Crippen LogP contribution is 2.18. The Morgan fingerprint density at radius 3 is 3.10 bits per heavy atom. The van der Waals surface area contributed by atoms with Gasteiger partial charge in [0.05, 0.1) is 18.3 Å². The van der Waals surface area contributed by atoms with E-state index in [1.807, 2.05) is 0 Å². The van der Waals surface area contributed by atoms with Crippen molar-refractivity contribution in [2.45, 2.75) is 13.0 Å². The summed E-state index contributed by atoms with van der Waals surface area (Å²) in [6.07, 6.45) is 0.0457. The van der Waals surface area contributed by atoms with Crippen LogP contribution in [0.2, 0.25) is 0 Å². The monoisotopic (exact) mass is 341 g/mol. The van der Waals surface area contributed by atoms with Gasteiger partial charge in [-0.3, -0.25) is 9.69 Å². The van der Waals surface area contributed by atoms with Crippen LogP contribution in [0.1, 0.15) is 17.3 Å². The average Bonchev–Trinajstić information content (AvgIpc) is 2.45. The second kappa shape index (κ2) is 7.06. The molecule has 1 aliphatic rings. The molecule has 1 aliphatic heterocycles. The summed E-state index contributed by atoms with van der Waals surface area (Å²) in [5, 5.41) is 2.89. The molecular formula is C14H20BrN3O2. The molecule has 2 rings (SSSR count). The number of rotatable bonds is 4. The quantitative estimate of drug-likeness (QED) is 0.814. The number of nitrogens with two attached hydrogens (primary N) is 1. The van der Waals surface area contributed by atoms with E-state index in [0.29, 0.717) is 17.8 Å². The highest BCUT2D eigenvalue weighted by molar-refractivity contribution is 9.10. The molecule has 1 atom stereocenters. The van der Waals surface area contributed by atoms with Gasteiger partial charge in [0.25, 0.3) is 5.91 Å². The van der Waals surface area contributed by atoms with E-state index in [-0.39, 0.29) is 12.0 Å². The van der Waals surface area contributed by atoms with Crippen LogP contribution in [0.4, 0.5) is 5.69 Å². The Morgan fingerprint density at radius 1 is 1.60 bits per heavy atom. The maximum atomic E-state index is 12.1. The third kappa shape index (κ3) is 3.94. The molecule has 6 heteroatoms. The topological polar surface area (TPSA) is 67.6 Å². The lowest BCUT2D eigenvalue weighted by Crippen LogP contribution is -2.47. The molecule has 1 saturated heterocycles. The van der Waals surface area contributed by atoms with Gasteiger partial charge >= 0.3 is 0 Å². The lowest BCUT2D eigenvalue weighted by Gasteiger charge is -2.32. The van der Waals surface area contributed by atoms with Gasteiger partial charge in [0, 0.05) is 29.8 Å². The largest absolute Gasteiger partial charge is 0.398 e. The SMILES string of the molecule is CCN1CCOC(CNC(=O)c2ccc(Br)cc2N)C1. The number of carbonyl (C=O) groups excluding carboxylic acids is 1. The van der Waals surface area contributed by atoms with E-state index in [0.717, 1.165) is 30.7 Å². The number of nitrogens with one attached hydrogen (secondary N) is 1. The summed E-state index contributed by atoms with van der Waals surface area (Å²) in [6.45, 7) is 6.17. The molecule has 1 fully saturated rings. The lowest BCUT2D eigenvalue weighted by atomic mass is 10.1. The van der Waals surface area contributed by atoms with Crippen LogP contribution < -0.4 is 11.1 Å². The maximum Gasteiger partial charge on any atom is 0.253 e. The third-order valence-corrected chi connectivity index (χ3v) is 3.91. The Labute approximate surface area is 127 Å². The van der Waals surface area contributed by atoms with Gasteiger partial charge in [-0.05, 0) is 24.7 Å². The molecular weight excluding hydrogens is 322 g/mol. The number of nitrogen functional groups attached to an aromatic ring is 1. The van der Waals surface area contributed by atoms with Crippen molar-refractivity contribution in [1.82, 2.24) is 10.2 Å². The van der Waals surface area contributed by atoms with Crippen molar-refractivity contribution in [3.8, 4) is 0 Å². The molecule has 110 valence electrons. The Bertz CT molecular complexity index is 481. The van der Waals surface area contributed by atoms with Crippen molar-refractivity contribution in [3.05, 3.63) is 28.2 Å². The zero-order valence-electron chi connectivity index (χ0n) is 11.6. The summed E-state index contributed by atoms with van der Waals surface area (Å²) in [6, 6.07) is 5.25. The Balaban J connectivity index is 1.88. The number of amides is 1. The summed E-state index contributed by atoms with van der Waals surface area (Å²) in [4.78, 5) is 14.4. The van der Waals surface area contributed by atoms with Crippen molar-refractivity contribution in [1.29, 1.82) is 0 Å². The van der Waals surface area contributed by atoms with E-state index in [9.17, 15) is 4.79 Å². The van der Waals surface area contributed by atoms with Crippen LogP contribution in [0.15, 0.2) is 22.7 Å². The number of morpholine rings is 1. The van der Waals surface area contributed by atoms with E-state index in [2.05, 4.69) is 33.1 Å². The molecule has 1 aromatic carbocycles. The van der Waals surface area contributed by atoms with E-state index < -0.39 is 0 Å². The number of ether oxygens (including phenoxy) is 1. The van der Waals surface area contributed by atoms with Gasteiger partial charge in [-0.2, -0.15) is 0 Å². The van der Waals surface area contributed by atoms with Crippen LogP contribution in [0.5, 0.6) is 0 Å². The normalized spacial score (nSPS) is 19.8. The molecule has 1 aromatic rings. The molecule has 1 heterocycles. The summed E-state index contributed by atoms with van der Waals surface area (Å²) >= 11 is 3.32. The molecule has 20 heavy (non-hydrogen) atoms. The van der Waals surface area contributed by atoms with E-state index in [1.54, 1.807) is 18.2 Å². The fourth-order valence-electron chi connectivity index (χ4n) is 2.23. The zero-order valence-corrected chi connectivity index (χ0v) is 13.1. The Morgan fingerprint density at radius 2 is 2.40 bits per heavy atom. The van der Waals surface area contributed by atoms with Crippen LogP contribution in [-0.4, -0.2) is 49.7 Å². The first kappa shape index (κ1) is 15.3. The molecule has 3 N–H and O–H groups in total. The Hall–Kier alpha value is -1.11. The second-order valence-corrected chi connectivity index (χ2v) is 5.74. The average molecular weight is 342 g/mol.